The van der Waals surface area contributed by atoms with E-state index in [4.69, 9.17) is 4.74 Å². The second-order valence-corrected chi connectivity index (χ2v) is 14.2. The molecule has 5 rings (SSSR count). The van der Waals surface area contributed by atoms with Gasteiger partial charge in [-0.2, -0.15) is 4.39 Å². The molecule has 1 nitrogen and oxygen atoms in total. The Hall–Kier alpha value is -2.75. The molecule has 0 amide bonds. The lowest BCUT2D eigenvalue weighted by Crippen LogP contribution is -2.25. The van der Waals surface area contributed by atoms with Crippen LogP contribution in [-0.2, 0) is 0 Å². The average molecular weight is 633 g/mol. The van der Waals surface area contributed by atoms with Crippen LogP contribution in [0.4, 0.5) is 13.2 Å². The Bertz CT molecular complexity index is 1350. The van der Waals surface area contributed by atoms with Crippen LogP contribution in [0.3, 0.4) is 0 Å². The van der Waals surface area contributed by atoms with Gasteiger partial charge in [-0.15, -0.1) is 0 Å². The van der Waals surface area contributed by atoms with E-state index in [0.29, 0.717) is 18.1 Å². The number of benzene rings is 3. The molecule has 0 heterocycles. The Balaban J connectivity index is 1.13. The molecule has 0 spiro atoms. The van der Waals surface area contributed by atoms with Gasteiger partial charge in [0, 0.05) is 5.56 Å². The van der Waals surface area contributed by atoms with Crippen molar-refractivity contribution in [2.24, 2.45) is 17.8 Å². The zero-order valence-corrected chi connectivity index (χ0v) is 28.3. The maximum atomic E-state index is 15.5. The molecular formula is C42H55F3O. The van der Waals surface area contributed by atoms with Crippen molar-refractivity contribution in [2.75, 3.05) is 6.61 Å². The van der Waals surface area contributed by atoms with Crippen LogP contribution in [0.5, 0.6) is 5.75 Å². The van der Waals surface area contributed by atoms with Crippen molar-refractivity contribution in [2.45, 2.75) is 129 Å². The molecule has 0 aliphatic heterocycles. The molecule has 4 heteroatoms. The van der Waals surface area contributed by atoms with Gasteiger partial charge in [-0.25, -0.2) is 8.78 Å². The van der Waals surface area contributed by atoms with E-state index in [2.05, 4.69) is 13.8 Å². The minimum atomic E-state index is -0.949. The van der Waals surface area contributed by atoms with Crippen LogP contribution in [0.1, 0.15) is 134 Å². The lowest BCUT2D eigenvalue weighted by atomic mass is 9.68. The third kappa shape index (κ3) is 8.98. The van der Waals surface area contributed by atoms with E-state index in [1.165, 1.54) is 83.1 Å². The van der Waals surface area contributed by atoms with Gasteiger partial charge < -0.3 is 4.74 Å². The second-order valence-electron chi connectivity index (χ2n) is 14.2. The maximum absolute atomic E-state index is 15.5. The second kappa shape index (κ2) is 17.4. The predicted molar refractivity (Wildman–Crippen MR) is 186 cm³/mol. The molecule has 0 saturated heterocycles. The highest BCUT2D eigenvalue weighted by atomic mass is 19.2. The molecule has 0 N–H and O–H groups in total. The van der Waals surface area contributed by atoms with E-state index < -0.39 is 11.6 Å². The van der Waals surface area contributed by atoms with Crippen LogP contribution in [-0.4, -0.2) is 6.61 Å². The highest BCUT2D eigenvalue weighted by molar-refractivity contribution is 5.71. The lowest BCUT2D eigenvalue weighted by Gasteiger charge is -2.38. The van der Waals surface area contributed by atoms with E-state index in [-0.39, 0.29) is 17.1 Å². The fourth-order valence-electron chi connectivity index (χ4n) is 8.25. The molecule has 0 radical (unpaired) electrons. The van der Waals surface area contributed by atoms with Crippen molar-refractivity contribution in [3.63, 3.8) is 0 Å². The summed E-state index contributed by atoms with van der Waals surface area (Å²) < 4.78 is 50.9. The Kier molecular flexibility index (Phi) is 13.1. The number of rotatable bonds is 15. The van der Waals surface area contributed by atoms with E-state index in [1.807, 2.05) is 24.3 Å². The smallest absolute Gasteiger partial charge is 0.201 e. The molecule has 2 saturated carbocycles. The monoisotopic (exact) mass is 632 g/mol. The third-order valence-corrected chi connectivity index (χ3v) is 11.0. The Morgan fingerprint density at radius 2 is 1.20 bits per heavy atom. The standard InChI is InChI=1S/C42H55F3O/c1-3-5-6-7-8-9-10-28-46-40-27-26-38(41(44)42(40)45)35-22-18-33(19-23-35)36-24-25-37(39(43)29-36)34-20-16-32(17-21-34)31-14-12-30(11-4-2)13-15-31/h18-19,22-27,29-32,34H,3-17,20-21,28H2,1-2H3. The number of halogens is 3. The van der Waals surface area contributed by atoms with E-state index in [9.17, 15) is 4.39 Å². The van der Waals surface area contributed by atoms with Gasteiger partial charge in [0.2, 0.25) is 5.82 Å². The van der Waals surface area contributed by atoms with Crippen molar-refractivity contribution in [1.29, 1.82) is 0 Å². The van der Waals surface area contributed by atoms with Gasteiger partial charge in [-0.05, 0) is 109 Å². The third-order valence-electron chi connectivity index (χ3n) is 11.0. The Labute approximate surface area is 276 Å². The summed E-state index contributed by atoms with van der Waals surface area (Å²) in [6, 6.07) is 16.0. The molecule has 3 aromatic rings. The first-order chi connectivity index (χ1) is 22.5. The van der Waals surface area contributed by atoms with Crippen LogP contribution < -0.4 is 4.74 Å². The minimum absolute atomic E-state index is 0.0394. The molecular weight excluding hydrogens is 577 g/mol. The van der Waals surface area contributed by atoms with E-state index in [0.717, 1.165) is 66.5 Å². The predicted octanol–water partition coefficient (Wildman–Crippen LogP) is 13.4. The number of hydrogen-bond donors (Lipinski definition) is 0. The SMILES string of the molecule is CCCCCCCCCOc1ccc(-c2ccc(-c3ccc(C4CCC(C5CCC(CCC)CC5)CC4)c(F)c3)cc2)c(F)c1F. The van der Waals surface area contributed by atoms with Crippen molar-refractivity contribution in [3.8, 4) is 28.0 Å². The topological polar surface area (TPSA) is 9.23 Å². The molecule has 0 aromatic heterocycles. The highest BCUT2D eigenvalue weighted by Crippen LogP contribution is 2.45. The van der Waals surface area contributed by atoms with Gasteiger partial charge in [-0.3, -0.25) is 0 Å². The van der Waals surface area contributed by atoms with Crippen molar-refractivity contribution >= 4 is 0 Å². The Morgan fingerprint density at radius 1 is 0.587 bits per heavy atom. The van der Waals surface area contributed by atoms with Crippen molar-refractivity contribution in [3.05, 3.63) is 77.6 Å². The number of unbranched alkanes of at least 4 members (excludes halogenated alkanes) is 6. The molecule has 250 valence electrons. The zero-order valence-electron chi connectivity index (χ0n) is 28.3. The van der Waals surface area contributed by atoms with Crippen LogP contribution in [0.15, 0.2) is 54.6 Å². The molecule has 2 aliphatic rings. The first kappa shape index (κ1) is 34.6. The summed E-state index contributed by atoms with van der Waals surface area (Å²) in [5, 5.41) is 0. The van der Waals surface area contributed by atoms with Crippen LogP contribution in [0.2, 0.25) is 0 Å². The summed E-state index contributed by atoms with van der Waals surface area (Å²) in [7, 11) is 0. The summed E-state index contributed by atoms with van der Waals surface area (Å²) in [5.74, 6) is 0.908. The quantitative estimate of drug-likeness (QED) is 0.152. The van der Waals surface area contributed by atoms with E-state index >= 15 is 8.78 Å². The van der Waals surface area contributed by atoms with Crippen LogP contribution in [0, 0.1) is 35.2 Å². The molecule has 2 fully saturated rings. The molecule has 0 unspecified atom stereocenters. The Morgan fingerprint density at radius 3 is 1.85 bits per heavy atom. The van der Waals surface area contributed by atoms with Gasteiger partial charge in [0.25, 0.3) is 0 Å². The summed E-state index contributed by atoms with van der Waals surface area (Å²) in [4.78, 5) is 0. The van der Waals surface area contributed by atoms with Crippen LogP contribution in [0.25, 0.3) is 22.3 Å². The van der Waals surface area contributed by atoms with Gasteiger partial charge in [0.1, 0.15) is 5.82 Å². The number of ether oxygens (including phenoxy) is 1. The normalized spacial score (nSPS) is 21.8. The van der Waals surface area contributed by atoms with E-state index in [1.54, 1.807) is 24.3 Å². The van der Waals surface area contributed by atoms with Gasteiger partial charge >= 0.3 is 0 Å². The largest absolute Gasteiger partial charge is 0.490 e. The maximum Gasteiger partial charge on any atom is 0.201 e. The number of hydrogen-bond acceptors (Lipinski definition) is 1. The van der Waals surface area contributed by atoms with Gasteiger partial charge in [-0.1, -0.05) is 114 Å². The molecule has 3 aromatic carbocycles. The fourth-order valence-corrected chi connectivity index (χ4v) is 8.25. The summed E-state index contributed by atoms with van der Waals surface area (Å²) >= 11 is 0. The summed E-state index contributed by atoms with van der Waals surface area (Å²) in [5.41, 5.74) is 3.26. The van der Waals surface area contributed by atoms with Crippen molar-refractivity contribution < 1.29 is 17.9 Å². The minimum Gasteiger partial charge on any atom is -0.490 e. The lowest BCUT2D eigenvalue weighted by molar-refractivity contribution is 0.156. The molecule has 0 bridgehead atoms. The fraction of sp³-hybridized carbons (Fsp3) is 0.571. The summed E-state index contributed by atoms with van der Waals surface area (Å²) in [6.45, 7) is 4.89. The first-order valence-corrected chi connectivity index (χ1v) is 18.5. The molecule has 46 heavy (non-hydrogen) atoms. The zero-order chi connectivity index (χ0) is 32.3. The highest BCUT2D eigenvalue weighted by Gasteiger charge is 2.32. The molecule has 2 aliphatic carbocycles. The first-order valence-electron chi connectivity index (χ1n) is 18.5. The summed E-state index contributed by atoms with van der Waals surface area (Å²) in [6.07, 6.45) is 20.9. The molecule has 0 atom stereocenters. The van der Waals surface area contributed by atoms with Crippen LogP contribution >= 0.6 is 0 Å². The average Bonchev–Trinajstić information content (AvgIpc) is 3.08. The van der Waals surface area contributed by atoms with Crippen molar-refractivity contribution in [1.82, 2.24) is 0 Å². The van der Waals surface area contributed by atoms with Gasteiger partial charge in [0.15, 0.2) is 11.6 Å². The van der Waals surface area contributed by atoms with Gasteiger partial charge in [0.05, 0.1) is 6.61 Å².